The minimum absolute atomic E-state index is 0.0808. The normalized spacial score (nSPS) is 13.2. The first-order valence-corrected chi connectivity index (χ1v) is 9.00. The Kier molecular flexibility index (Phi) is 4.73. The minimum Gasteiger partial charge on any atom is -0.350 e. The Morgan fingerprint density at radius 1 is 1.00 bits per heavy atom. The molecule has 3 heterocycles. The topological polar surface area (TPSA) is 72.7 Å². The van der Waals surface area contributed by atoms with Crippen LogP contribution in [-0.4, -0.2) is 32.2 Å². The summed E-state index contributed by atoms with van der Waals surface area (Å²) in [6, 6.07) is 7.44. The summed E-state index contributed by atoms with van der Waals surface area (Å²) >= 11 is 0. The Morgan fingerprint density at radius 2 is 1.69 bits per heavy atom. The average molecular weight is 347 g/mol. The van der Waals surface area contributed by atoms with Crippen LogP contribution in [0.4, 0.5) is 0 Å². The largest absolute Gasteiger partial charge is 0.350 e. The van der Waals surface area contributed by atoms with Crippen molar-refractivity contribution in [3.8, 4) is 11.3 Å². The zero-order valence-corrected chi connectivity index (χ0v) is 14.6. The molecule has 6 heteroatoms. The van der Waals surface area contributed by atoms with E-state index in [4.69, 9.17) is 5.10 Å². The first kappa shape index (κ1) is 16.4. The van der Waals surface area contributed by atoms with Crippen LogP contribution in [0, 0.1) is 0 Å². The number of hydrogen-bond donors (Lipinski definition) is 1. The van der Waals surface area contributed by atoms with Gasteiger partial charge in [-0.15, -0.1) is 0 Å². The van der Waals surface area contributed by atoms with Crippen LogP contribution in [0.1, 0.15) is 34.5 Å². The Labute approximate surface area is 152 Å². The van der Waals surface area contributed by atoms with Gasteiger partial charge in [-0.25, -0.2) is 0 Å². The molecule has 26 heavy (non-hydrogen) atoms. The van der Waals surface area contributed by atoms with Crippen LogP contribution in [0.3, 0.4) is 0 Å². The molecule has 0 aromatic carbocycles. The summed E-state index contributed by atoms with van der Waals surface area (Å²) in [6.07, 6.45) is 11.4. The van der Waals surface area contributed by atoms with E-state index in [9.17, 15) is 4.79 Å². The molecule has 0 saturated carbocycles. The van der Waals surface area contributed by atoms with Crippen LogP contribution in [0.25, 0.3) is 11.3 Å². The third-order valence-electron chi connectivity index (χ3n) is 4.76. The molecule has 0 saturated heterocycles. The van der Waals surface area contributed by atoms with Crippen LogP contribution in [-0.2, 0) is 19.4 Å². The third kappa shape index (κ3) is 3.35. The molecule has 0 spiro atoms. The summed E-state index contributed by atoms with van der Waals surface area (Å²) in [4.78, 5) is 20.2. The van der Waals surface area contributed by atoms with Gasteiger partial charge in [-0.2, -0.15) is 5.10 Å². The summed E-state index contributed by atoms with van der Waals surface area (Å²) in [5, 5.41) is 7.82. The zero-order valence-electron chi connectivity index (χ0n) is 14.6. The molecule has 0 bridgehead atoms. The number of hydrogen-bond acceptors (Lipinski definition) is 4. The van der Waals surface area contributed by atoms with Gasteiger partial charge < -0.3 is 5.32 Å². The fourth-order valence-electron chi connectivity index (χ4n) is 3.48. The monoisotopic (exact) mass is 347 g/mol. The molecule has 3 aromatic heterocycles. The molecule has 0 radical (unpaired) electrons. The van der Waals surface area contributed by atoms with Gasteiger partial charge in [-0.3, -0.25) is 19.4 Å². The summed E-state index contributed by atoms with van der Waals surface area (Å²) in [5.74, 6) is -0.0808. The van der Waals surface area contributed by atoms with Gasteiger partial charge in [-0.05, 0) is 49.9 Å². The van der Waals surface area contributed by atoms with Crippen molar-refractivity contribution in [3.05, 3.63) is 65.9 Å². The quantitative estimate of drug-likeness (QED) is 0.770. The fourth-order valence-corrected chi connectivity index (χ4v) is 3.48. The van der Waals surface area contributed by atoms with Gasteiger partial charge in [0, 0.05) is 53.7 Å². The Bertz CT molecular complexity index is 889. The SMILES string of the molecule is O=C(NCCn1nc(-c2ccncc2)c2c1CCCC2)c1ccncc1. The van der Waals surface area contributed by atoms with Crippen LogP contribution in [0.2, 0.25) is 0 Å². The summed E-state index contributed by atoms with van der Waals surface area (Å²) in [6.45, 7) is 1.22. The van der Waals surface area contributed by atoms with Crippen molar-refractivity contribution >= 4 is 5.91 Å². The third-order valence-corrected chi connectivity index (χ3v) is 4.76. The maximum atomic E-state index is 12.2. The van der Waals surface area contributed by atoms with E-state index in [1.807, 2.05) is 12.1 Å². The molecule has 0 fully saturated rings. The number of fused-ring (bicyclic) bond motifs is 1. The molecule has 1 aliphatic carbocycles. The predicted molar refractivity (Wildman–Crippen MR) is 98.7 cm³/mol. The second kappa shape index (κ2) is 7.47. The van der Waals surface area contributed by atoms with Gasteiger partial charge in [0.1, 0.15) is 0 Å². The second-order valence-corrected chi connectivity index (χ2v) is 6.43. The first-order chi connectivity index (χ1) is 12.8. The summed E-state index contributed by atoms with van der Waals surface area (Å²) in [5.41, 5.74) is 5.45. The van der Waals surface area contributed by atoms with Crippen molar-refractivity contribution < 1.29 is 4.79 Å². The van der Waals surface area contributed by atoms with Crippen molar-refractivity contribution in [2.45, 2.75) is 32.2 Å². The Morgan fingerprint density at radius 3 is 2.46 bits per heavy atom. The summed E-state index contributed by atoms with van der Waals surface area (Å²) < 4.78 is 2.07. The van der Waals surface area contributed by atoms with Crippen LogP contribution in [0.5, 0.6) is 0 Å². The highest BCUT2D eigenvalue weighted by molar-refractivity contribution is 5.93. The summed E-state index contributed by atoms with van der Waals surface area (Å²) in [7, 11) is 0. The molecular weight excluding hydrogens is 326 g/mol. The van der Waals surface area contributed by atoms with Crippen molar-refractivity contribution in [1.82, 2.24) is 25.1 Å². The molecule has 4 rings (SSSR count). The van der Waals surface area contributed by atoms with Crippen molar-refractivity contribution in [1.29, 1.82) is 0 Å². The van der Waals surface area contributed by atoms with Gasteiger partial charge in [0.25, 0.3) is 5.91 Å². The molecular formula is C20H21N5O. The maximum Gasteiger partial charge on any atom is 0.251 e. The molecule has 0 atom stereocenters. The number of nitrogens with one attached hydrogen (secondary N) is 1. The van der Waals surface area contributed by atoms with E-state index in [0.717, 1.165) is 24.1 Å². The van der Waals surface area contributed by atoms with Gasteiger partial charge >= 0.3 is 0 Å². The highest BCUT2D eigenvalue weighted by Crippen LogP contribution is 2.30. The van der Waals surface area contributed by atoms with Crippen molar-refractivity contribution in [2.24, 2.45) is 0 Å². The first-order valence-electron chi connectivity index (χ1n) is 9.00. The van der Waals surface area contributed by atoms with Crippen molar-refractivity contribution in [3.63, 3.8) is 0 Å². The lowest BCUT2D eigenvalue weighted by Crippen LogP contribution is -2.28. The smallest absolute Gasteiger partial charge is 0.251 e. The van der Waals surface area contributed by atoms with E-state index in [2.05, 4.69) is 20.0 Å². The molecule has 0 unspecified atom stereocenters. The molecule has 1 amide bonds. The van der Waals surface area contributed by atoms with Crippen LogP contribution < -0.4 is 5.32 Å². The maximum absolute atomic E-state index is 12.2. The Hall–Kier alpha value is -3.02. The predicted octanol–water partition coefficient (Wildman–Crippen LogP) is 2.65. The highest BCUT2D eigenvalue weighted by atomic mass is 16.1. The number of nitrogens with zero attached hydrogens (tertiary/aromatic N) is 4. The number of pyridine rings is 2. The standard InChI is InChI=1S/C20H21N5O/c26-20(16-7-11-22-12-8-16)23-13-14-25-18-4-2-1-3-17(18)19(24-25)15-5-9-21-10-6-15/h5-12H,1-4,13-14H2,(H,23,26). The number of rotatable bonds is 5. The van der Waals surface area contributed by atoms with E-state index in [1.165, 1.54) is 24.1 Å². The highest BCUT2D eigenvalue weighted by Gasteiger charge is 2.21. The van der Waals surface area contributed by atoms with Gasteiger partial charge in [-0.1, -0.05) is 0 Å². The van der Waals surface area contributed by atoms with Gasteiger partial charge in [0.2, 0.25) is 0 Å². The average Bonchev–Trinajstić information content (AvgIpc) is 3.08. The minimum atomic E-state index is -0.0808. The van der Waals surface area contributed by atoms with E-state index < -0.39 is 0 Å². The van der Waals surface area contributed by atoms with E-state index in [1.54, 1.807) is 36.9 Å². The number of carbonyl (C=O) groups is 1. The molecule has 3 aromatic rings. The number of carbonyl (C=O) groups excluding carboxylic acids is 1. The molecule has 1 N–H and O–H groups in total. The fraction of sp³-hybridized carbons (Fsp3) is 0.300. The van der Waals surface area contributed by atoms with Crippen LogP contribution >= 0.6 is 0 Å². The second-order valence-electron chi connectivity index (χ2n) is 6.43. The molecule has 0 aliphatic heterocycles. The molecule has 6 nitrogen and oxygen atoms in total. The van der Waals surface area contributed by atoms with E-state index >= 15 is 0 Å². The van der Waals surface area contributed by atoms with E-state index in [0.29, 0.717) is 18.7 Å². The zero-order chi connectivity index (χ0) is 17.8. The molecule has 132 valence electrons. The lowest BCUT2D eigenvalue weighted by molar-refractivity contribution is 0.0951. The van der Waals surface area contributed by atoms with Gasteiger partial charge in [0.05, 0.1) is 12.2 Å². The molecule has 1 aliphatic rings. The van der Waals surface area contributed by atoms with Crippen LogP contribution in [0.15, 0.2) is 49.1 Å². The lowest BCUT2D eigenvalue weighted by atomic mass is 9.94. The number of amides is 1. The van der Waals surface area contributed by atoms with Gasteiger partial charge in [0.15, 0.2) is 0 Å². The van der Waals surface area contributed by atoms with Crippen molar-refractivity contribution in [2.75, 3.05) is 6.54 Å². The Balaban J connectivity index is 1.50. The van der Waals surface area contributed by atoms with E-state index in [-0.39, 0.29) is 5.91 Å². The lowest BCUT2D eigenvalue weighted by Gasteiger charge is -2.14. The number of aromatic nitrogens is 4.